The third-order valence-electron chi connectivity index (χ3n) is 6.57. The highest BCUT2D eigenvalue weighted by atomic mass is 19.1. The fraction of sp³-hybridized carbons (Fsp3) is 0.520. The molecule has 2 aromatic rings. The number of aryl methyl sites for hydroxylation is 1. The van der Waals surface area contributed by atoms with E-state index >= 15 is 0 Å². The summed E-state index contributed by atoms with van der Waals surface area (Å²) in [6.07, 6.45) is 5.47. The molecule has 4 rings (SSSR count). The van der Waals surface area contributed by atoms with Crippen LogP contribution in [0.2, 0.25) is 0 Å². The first-order valence-electron chi connectivity index (χ1n) is 12.3. The Bertz CT molecular complexity index is 1010. The van der Waals surface area contributed by atoms with Gasteiger partial charge in [0.25, 0.3) is 0 Å². The minimum Gasteiger partial charge on any atom is -0.445 e. The van der Waals surface area contributed by atoms with Gasteiger partial charge in [0.05, 0.1) is 5.92 Å². The Morgan fingerprint density at radius 3 is 2.57 bits per heavy atom. The summed E-state index contributed by atoms with van der Waals surface area (Å²) >= 11 is 0. The van der Waals surface area contributed by atoms with Crippen LogP contribution in [-0.2, 0) is 16.1 Å². The third kappa shape index (κ3) is 6.80. The van der Waals surface area contributed by atoms with Gasteiger partial charge in [-0.05, 0) is 31.2 Å². The molecule has 188 valence electrons. The maximum atomic E-state index is 14.9. The molecule has 1 aliphatic carbocycles. The smallest absolute Gasteiger partial charge is 0.407 e. The van der Waals surface area contributed by atoms with Crippen molar-refractivity contribution in [3.8, 4) is 0 Å². The quantitative estimate of drug-likeness (QED) is 0.441. The highest BCUT2D eigenvalue weighted by molar-refractivity contribution is 5.80. The van der Waals surface area contributed by atoms with Crippen molar-refractivity contribution in [2.75, 3.05) is 30.0 Å². The second-order valence-electron chi connectivity index (χ2n) is 9.24. The van der Waals surface area contributed by atoms with Gasteiger partial charge in [0.2, 0.25) is 11.7 Å². The molecule has 0 unspecified atom stereocenters. The molecular weight excluding hydrogens is 451 g/mol. The molecule has 2 amide bonds. The lowest BCUT2D eigenvalue weighted by Crippen LogP contribution is -2.42. The average molecular weight is 485 g/mol. The van der Waals surface area contributed by atoms with Gasteiger partial charge < -0.3 is 15.0 Å². The van der Waals surface area contributed by atoms with E-state index in [4.69, 9.17) is 4.74 Å². The standard InChI is InChI=1S/C25H33FN6O3/c1-17-28-22(21(26)23(29-17)32-12-7-13-32)30-31-24(33)20(14-18-8-5-6-9-18)15-27-25(34)35-16-19-10-3-2-4-11-19/h2-4,10-11,18,20H,5-9,12-16H2,1H3,(H,27,34)(H,31,33)(H,28,29,30)/t20-/m1/s1. The number of hydrazine groups is 1. The summed E-state index contributed by atoms with van der Waals surface area (Å²) in [6.45, 7) is 3.45. The predicted octanol–water partition coefficient (Wildman–Crippen LogP) is 3.70. The van der Waals surface area contributed by atoms with E-state index in [2.05, 4.69) is 26.1 Å². The zero-order valence-electron chi connectivity index (χ0n) is 20.1. The zero-order chi connectivity index (χ0) is 24.6. The minimum atomic E-state index is -0.592. The van der Waals surface area contributed by atoms with Crippen molar-refractivity contribution < 1.29 is 18.7 Å². The Morgan fingerprint density at radius 2 is 1.89 bits per heavy atom. The Kier molecular flexibility index (Phi) is 8.33. The maximum Gasteiger partial charge on any atom is 0.407 e. The van der Waals surface area contributed by atoms with Gasteiger partial charge in [-0.3, -0.25) is 15.6 Å². The lowest BCUT2D eigenvalue weighted by atomic mass is 9.92. The number of hydrogen-bond donors (Lipinski definition) is 3. The van der Waals surface area contributed by atoms with Crippen molar-refractivity contribution in [2.45, 2.75) is 52.1 Å². The van der Waals surface area contributed by atoms with Crippen LogP contribution in [0.3, 0.4) is 0 Å². The number of anilines is 2. The van der Waals surface area contributed by atoms with Gasteiger partial charge in [0.15, 0.2) is 11.6 Å². The number of benzene rings is 1. The molecule has 2 fully saturated rings. The lowest BCUT2D eigenvalue weighted by Gasteiger charge is -2.32. The summed E-state index contributed by atoms with van der Waals surface area (Å²) in [4.78, 5) is 35.4. The maximum absolute atomic E-state index is 14.9. The van der Waals surface area contributed by atoms with Crippen LogP contribution in [0.15, 0.2) is 30.3 Å². The highest BCUT2D eigenvalue weighted by Crippen LogP contribution is 2.30. The zero-order valence-corrected chi connectivity index (χ0v) is 20.1. The number of aromatic nitrogens is 2. The summed E-state index contributed by atoms with van der Waals surface area (Å²) in [5.41, 5.74) is 6.12. The molecule has 0 bridgehead atoms. The number of halogens is 1. The number of nitrogens with one attached hydrogen (secondary N) is 3. The fourth-order valence-electron chi connectivity index (χ4n) is 4.50. The molecule has 9 nitrogen and oxygen atoms in total. The predicted molar refractivity (Wildman–Crippen MR) is 130 cm³/mol. The van der Waals surface area contributed by atoms with Crippen LogP contribution in [-0.4, -0.2) is 41.6 Å². The monoisotopic (exact) mass is 484 g/mol. The summed E-state index contributed by atoms with van der Waals surface area (Å²) in [7, 11) is 0. The van der Waals surface area contributed by atoms with Crippen LogP contribution in [0.25, 0.3) is 0 Å². The van der Waals surface area contributed by atoms with E-state index in [-0.39, 0.29) is 30.7 Å². The minimum absolute atomic E-state index is 0.0670. The van der Waals surface area contributed by atoms with Crippen molar-refractivity contribution in [3.05, 3.63) is 47.5 Å². The second-order valence-corrected chi connectivity index (χ2v) is 9.24. The van der Waals surface area contributed by atoms with E-state index in [0.29, 0.717) is 18.2 Å². The second kappa shape index (κ2) is 11.8. The Hall–Kier alpha value is -3.43. The van der Waals surface area contributed by atoms with Crippen LogP contribution >= 0.6 is 0 Å². The van der Waals surface area contributed by atoms with Gasteiger partial charge in [-0.2, -0.15) is 4.39 Å². The average Bonchev–Trinajstić information content (AvgIpc) is 3.34. The molecule has 2 aliphatic rings. The molecule has 1 aromatic heterocycles. The normalized spacial score (nSPS) is 16.3. The first kappa shape index (κ1) is 24.7. The van der Waals surface area contributed by atoms with Gasteiger partial charge in [-0.1, -0.05) is 56.0 Å². The summed E-state index contributed by atoms with van der Waals surface area (Å²) in [6, 6.07) is 9.39. The van der Waals surface area contributed by atoms with Crippen molar-refractivity contribution in [1.82, 2.24) is 20.7 Å². The summed E-state index contributed by atoms with van der Waals surface area (Å²) in [5, 5.41) is 2.71. The number of ether oxygens (including phenoxy) is 1. The van der Waals surface area contributed by atoms with E-state index in [1.54, 1.807) is 6.92 Å². The van der Waals surface area contributed by atoms with E-state index < -0.39 is 17.8 Å². The van der Waals surface area contributed by atoms with Gasteiger partial charge >= 0.3 is 6.09 Å². The molecule has 10 heteroatoms. The first-order valence-corrected chi connectivity index (χ1v) is 12.3. The van der Waals surface area contributed by atoms with Crippen LogP contribution in [0.1, 0.15) is 49.9 Å². The van der Waals surface area contributed by atoms with Crippen LogP contribution in [0.4, 0.5) is 20.8 Å². The van der Waals surface area contributed by atoms with Crippen LogP contribution < -0.4 is 21.1 Å². The lowest BCUT2D eigenvalue weighted by molar-refractivity contribution is -0.124. The van der Waals surface area contributed by atoms with Gasteiger partial charge in [-0.25, -0.2) is 14.8 Å². The molecule has 1 aromatic carbocycles. The molecule has 0 spiro atoms. The SMILES string of the molecule is Cc1nc(NNC(=O)[C@@H](CNC(=O)OCc2ccccc2)CC2CCCC2)c(F)c(N2CCC2)n1. The third-order valence-corrected chi connectivity index (χ3v) is 6.57. The molecule has 3 N–H and O–H groups in total. The molecule has 1 saturated carbocycles. The molecule has 0 radical (unpaired) electrons. The van der Waals surface area contributed by atoms with E-state index in [1.807, 2.05) is 35.2 Å². The van der Waals surface area contributed by atoms with Gasteiger partial charge in [0, 0.05) is 19.6 Å². The van der Waals surface area contributed by atoms with Crippen molar-refractivity contribution in [1.29, 1.82) is 0 Å². The summed E-state index contributed by atoms with van der Waals surface area (Å²) < 4.78 is 20.2. The fourth-order valence-corrected chi connectivity index (χ4v) is 4.50. The molecule has 1 aliphatic heterocycles. The molecule has 2 heterocycles. The Morgan fingerprint density at radius 1 is 1.14 bits per heavy atom. The van der Waals surface area contributed by atoms with E-state index in [0.717, 1.165) is 50.8 Å². The van der Waals surface area contributed by atoms with Gasteiger partial charge in [0.1, 0.15) is 12.4 Å². The summed E-state index contributed by atoms with van der Waals surface area (Å²) in [5.74, 6) is -0.407. The Balaban J connectivity index is 1.34. The number of rotatable bonds is 10. The number of carbonyl (C=O) groups excluding carboxylic acids is 2. The van der Waals surface area contributed by atoms with E-state index in [1.165, 1.54) is 0 Å². The van der Waals surface area contributed by atoms with Crippen molar-refractivity contribution in [3.63, 3.8) is 0 Å². The van der Waals surface area contributed by atoms with Crippen molar-refractivity contribution >= 4 is 23.6 Å². The van der Waals surface area contributed by atoms with Gasteiger partial charge in [-0.15, -0.1) is 0 Å². The number of amides is 2. The number of nitrogens with zero attached hydrogens (tertiary/aromatic N) is 3. The molecule has 35 heavy (non-hydrogen) atoms. The number of alkyl carbamates (subject to hydrolysis) is 1. The number of hydrogen-bond acceptors (Lipinski definition) is 7. The number of carbonyl (C=O) groups is 2. The molecular formula is C25H33FN6O3. The molecule has 1 saturated heterocycles. The van der Waals surface area contributed by atoms with Crippen molar-refractivity contribution in [2.24, 2.45) is 11.8 Å². The largest absolute Gasteiger partial charge is 0.445 e. The topological polar surface area (TPSA) is 108 Å². The Labute approximate surface area is 204 Å². The van der Waals surface area contributed by atoms with Crippen LogP contribution in [0, 0.1) is 24.6 Å². The van der Waals surface area contributed by atoms with Crippen LogP contribution in [0.5, 0.6) is 0 Å². The van der Waals surface area contributed by atoms with E-state index in [9.17, 15) is 14.0 Å². The highest BCUT2D eigenvalue weighted by Gasteiger charge is 2.27. The first-order chi connectivity index (χ1) is 17.0. The molecule has 1 atom stereocenters.